The van der Waals surface area contributed by atoms with E-state index in [2.05, 4.69) is 4.74 Å². The predicted molar refractivity (Wildman–Crippen MR) is 82.3 cm³/mol. The van der Waals surface area contributed by atoms with Gasteiger partial charge in [-0.2, -0.15) is 0 Å². The molecule has 0 fully saturated rings. The molecular weight excluding hydrogens is 340 g/mol. The summed E-state index contributed by atoms with van der Waals surface area (Å²) in [6.07, 6.45) is 0. The van der Waals surface area contributed by atoms with Crippen LogP contribution in [0.2, 0.25) is 0 Å². The van der Waals surface area contributed by atoms with Crippen LogP contribution in [0.5, 0.6) is 11.5 Å². The maximum Gasteiger partial charge on any atom is 0.337 e. The third-order valence-electron chi connectivity index (χ3n) is 2.95. The van der Waals surface area contributed by atoms with Crippen molar-refractivity contribution in [1.82, 2.24) is 0 Å². The van der Waals surface area contributed by atoms with Crippen molar-refractivity contribution in [3.8, 4) is 11.5 Å². The fraction of sp³-hybridized carbons (Fsp3) is 0.0714. The van der Waals surface area contributed by atoms with Crippen molar-refractivity contribution in [2.75, 3.05) is 7.11 Å². The number of esters is 1. The van der Waals surface area contributed by atoms with Crippen molar-refractivity contribution in [2.45, 2.75) is 4.90 Å². The van der Waals surface area contributed by atoms with Crippen LogP contribution in [0.3, 0.4) is 0 Å². The van der Waals surface area contributed by atoms with E-state index >= 15 is 0 Å². The highest BCUT2D eigenvalue weighted by molar-refractivity contribution is 7.89. The van der Waals surface area contributed by atoms with Crippen LogP contribution in [0.25, 0.3) is 0 Å². The van der Waals surface area contributed by atoms with Crippen LogP contribution in [-0.2, 0) is 14.8 Å². The lowest BCUT2D eigenvalue weighted by molar-refractivity contribution is -0.385. The van der Waals surface area contributed by atoms with Gasteiger partial charge in [-0.05, 0) is 30.3 Å². The number of nitrogens with zero attached hydrogens (tertiary/aromatic N) is 1. The zero-order valence-electron chi connectivity index (χ0n) is 12.3. The molecule has 2 rings (SSSR count). The summed E-state index contributed by atoms with van der Waals surface area (Å²) in [5, 5.41) is 15.8. The summed E-state index contributed by atoms with van der Waals surface area (Å²) in [6, 6.07) is 8.71. The Balaban J connectivity index is 2.39. The Hall–Kier alpha value is -2.98. The first-order valence-electron chi connectivity index (χ1n) is 6.40. The van der Waals surface area contributed by atoms with Crippen LogP contribution in [0.4, 0.5) is 5.69 Å². The molecular formula is C14H12N2O7S. The molecule has 2 aromatic carbocycles. The first kappa shape index (κ1) is 17.4. The highest BCUT2D eigenvalue weighted by Gasteiger charge is 2.20. The molecule has 0 bridgehead atoms. The van der Waals surface area contributed by atoms with Gasteiger partial charge >= 0.3 is 5.97 Å². The van der Waals surface area contributed by atoms with Crippen LogP contribution >= 0.6 is 0 Å². The molecule has 0 spiro atoms. The molecule has 0 radical (unpaired) electrons. The van der Waals surface area contributed by atoms with Gasteiger partial charge in [-0.3, -0.25) is 10.1 Å². The number of nitrogens with two attached hydrogens (primary N) is 1. The van der Waals surface area contributed by atoms with E-state index in [-0.39, 0.29) is 17.1 Å². The Morgan fingerprint density at radius 1 is 1.17 bits per heavy atom. The number of methoxy groups -OCH3 is 1. The summed E-state index contributed by atoms with van der Waals surface area (Å²) >= 11 is 0. The molecule has 2 aromatic rings. The number of nitro groups is 1. The highest BCUT2D eigenvalue weighted by Crippen LogP contribution is 2.31. The number of carbonyl (C=O) groups is 1. The molecule has 2 N–H and O–H groups in total. The zero-order valence-corrected chi connectivity index (χ0v) is 13.1. The first-order valence-corrected chi connectivity index (χ1v) is 7.94. The van der Waals surface area contributed by atoms with Gasteiger partial charge in [-0.15, -0.1) is 0 Å². The second kappa shape index (κ2) is 6.64. The van der Waals surface area contributed by atoms with Gasteiger partial charge in [0.25, 0.3) is 5.69 Å². The minimum atomic E-state index is -4.24. The highest BCUT2D eigenvalue weighted by atomic mass is 32.2. The van der Waals surface area contributed by atoms with Gasteiger partial charge in [-0.1, -0.05) is 0 Å². The Labute approximate surface area is 136 Å². The van der Waals surface area contributed by atoms with Crippen molar-refractivity contribution >= 4 is 21.7 Å². The van der Waals surface area contributed by atoms with Crippen molar-refractivity contribution in [1.29, 1.82) is 0 Å². The summed E-state index contributed by atoms with van der Waals surface area (Å²) in [5.41, 5.74) is -0.160. The molecule has 0 heterocycles. The largest absolute Gasteiger partial charge is 0.465 e. The molecule has 9 nitrogen and oxygen atoms in total. The van der Waals surface area contributed by atoms with Crippen molar-refractivity contribution < 1.29 is 27.6 Å². The fourth-order valence-corrected chi connectivity index (χ4v) is 2.50. The van der Waals surface area contributed by atoms with Crippen LogP contribution in [-0.4, -0.2) is 26.4 Å². The summed E-state index contributed by atoms with van der Waals surface area (Å²) in [5.74, 6) is -0.502. The van der Waals surface area contributed by atoms with Gasteiger partial charge in [-0.25, -0.2) is 18.4 Å². The van der Waals surface area contributed by atoms with E-state index in [1.807, 2.05) is 0 Å². The van der Waals surface area contributed by atoms with E-state index in [4.69, 9.17) is 9.88 Å². The van der Waals surface area contributed by atoms with E-state index in [9.17, 15) is 23.3 Å². The van der Waals surface area contributed by atoms with E-state index < -0.39 is 31.5 Å². The number of nitro benzene ring substituents is 1. The standard InChI is InChI=1S/C14H12N2O7S/c1-22-14(17)9-2-5-11(6-3-9)23-12-7-4-10(16(18)19)8-13(12)24(15,20)21/h2-8H,1H3,(H2,15,20,21). The lowest BCUT2D eigenvalue weighted by Crippen LogP contribution is -2.13. The third kappa shape index (κ3) is 3.86. The van der Waals surface area contributed by atoms with Crippen molar-refractivity contribution in [3.05, 3.63) is 58.1 Å². The Morgan fingerprint density at radius 3 is 2.29 bits per heavy atom. The number of non-ortho nitro benzene ring substituents is 1. The Kier molecular flexibility index (Phi) is 4.81. The minimum absolute atomic E-state index is 0.172. The summed E-state index contributed by atoms with van der Waals surface area (Å²) in [7, 11) is -3.00. The zero-order chi connectivity index (χ0) is 17.9. The lowest BCUT2D eigenvalue weighted by atomic mass is 10.2. The number of benzene rings is 2. The number of rotatable bonds is 5. The normalized spacial score (nSPS) is 10.9. The maximum absolute atomic E-state index is 11.6. The van der Waals surface area contributed by atoms with Gasteiger partial charge in [0.1, 0.15) is 16.4 Å². The van der Waals surface area contributed by atoms with Gasteiger partial charge in [0.15, 0.2) is 0 Å². The SMILES string of the molecule is COC(=O)c1ccc(Oc2ccc([N+](=O)[O-])cc2S(N)(=O)=O)cc1. The molecule has 0 aliphatic carbocycles. The molecule has 0 unspecified atom stereocenters. The van der Waals surface area contributed by atoms with E-state index in [1.54, 1.807) is 0 Å². The molecule has 0 aliphatic rings. The van der Waals surface area contributed by atoms with Crippen LogP contribution < -0.4 is 9.88 Å². The number of carbonyl (C=O) groups excluding carboxylic acids is 1. The molecule has 24 heavy (non-hydrogen) atoms. The van der Waals surface area contributed by atoms with Crippen molar-refractivity contribution in [3.63, 3.8) is 0 Å². The minimum Gasteiger partial charge on any atom is -0.465 e. The molecule has 126 valence electrons. The van der Waals surface area contributed by atoms with Crippen LogP contribution in [0.15, 0.2) is 47.4 Å². The third-order valence-corrected chi connectivity index (χ3v) is 3.88. The number of hydrogen-bond acceptors (Lipinski definition) is 7. The smallest absolute Gasteiger partial charge is 0.337 e. The van der Waals surface area contributed by atoms with E-state index in [0.29, 0.717) is 0 Å². The van der Waals surface area contributed by atoms with Gasteiger partial charge < -0.3 is 9.47 Å². The average Bonchev–Trinajstić information content (AvgIpc) is 2.54. The summed E-state index contributed by atoms with van der Waals surface area (Å²) < 4.78 is 33.2. The molecule has 0 aliphatic heterocycles. The molecule has 0 amide bonds. The summed E-state index contributed by atoms with van der Waals surface area (Å²) in [6.45, 7) is 0. The van der Waals surface area contributed by atoms with Gasteiger partial charge in [0.05, 0.1) is 17.6 Å². The van der Waals surface area contributed by atoms with Gasteiger partial charge in [0, 0.05) is 12.1 Å². The van der Waals surface area contributed by atoms with E-state index in [1.165, 1.54) is 31.4 Å². The number of primary sulfonamides is 1. The molecule has 0 atom stereocenters. The van der Waals surface area contributed by atoms with Crippen LogP contribution in [0.1, 0.15) is 10.4 Å². The molecule has 0 saturated heterocycles. The second-order valence-corrected chi connectivity index (χ2v) is 6.08. The number of hydrogen-bond donors (Lipinski definition) is 1. The van der Waals surface area contributed by atoms with E-state index in [0.717, 1.165) is 18.2 Å². The Bertz CT molecular complexity index is 892. The molecule has 10 heteroatoms. The fourth-order valence-electron chi connectivity index (χ4n) is 1.82. The first-order chi connectivity index (χ1) is 11.2. The molecule has 0 aromatic heterocycles. The van der Waals surface area contributed by atoms with Gasteiger partial charge in [0.2, 0.25) is 10.0 Å². The Morgan fingerprint density at radius 2 is 1.79 bits per heavy atom. The number of sulfonamides is 1. The predicted octanol–water partition coefficient (Wildman–Crippen LogP) is 1.82. The number of ether oxygens (including phenoxy) is 2. The average molecular weight is 352 g/mol. The maximum atomic E-state index is 11.6. The topological polar surface area (TPSA) is 139 Å². The second-order valence-electron chi connectivity index (χ2n) is 4.55. The quantitative estimate of drug-likeness (QED) is 0.492. The van der Waals surface area contributed by atoms with Crippen molar-refractivity contribution in [2.24, 2.45) is 5.14 Å². The lowest BCUT2D eigenvalue weighted by Gasteiger charge is -2.10. The monoisotopic (exact) mass is 352 g/mol. The molecule has 0 saturated carbocycles. The van der Waals surface area contributed by atoms with Crippen LogP contribution in [0, 0.1) is 10.1 Å². The summed E-state index contributed by atoms with van der Waals surface area (Å²) in [4.78, 5) is 20.8.